The normalized spacial score (nSPS) is 11.6. The Labute approximate surface area is 142 Å². The number of rotatable bonds is 1. The van der Waals surface area contributed by atoms with Gasteiger partial charge in [-0.25, -0.2) is 9.37 Å². The molecule has 1 N–H and O–H groups in total. The number of H-pyrrole nitrogens is 1. The van der Waals surface area contributed by atoms with Crippen LogP contribution in [0.25, 0.3) is 44.2 Å². The summed E-state index contributed by atoms with van der Waals surface area (Å²) in [6.45, 7) is 1.95. The second kappa shape index (κ2) is 5.08. The van der Waals surface area contributed by atoms with Crippen LogP contribution in [-0.4, -0.2) is 19.9 Å². The van der Waals surface area contributed by atoms with Crippen LogP contribution in [0.5, 0.6) is 0 Å². The molecule has 0 radical (unpaired) electrons. The van der Waals surface area contributed by atoms with Gasteiger partial charge in [0.1, 0.15) is 11.6 Å². The fraction of sp³-hybridized carbons (Fsp3) is 0.0500. The minimum absolute atomic E-state index is 0.279. The molecule has 25 heavy (non-hydrogen) atoms. The van der Waals surface area contributed by atoms with Crippen molar-refractivity contribution < 1.29 is 4.39 Å². The van der Waals surface area contributed by atoms with Gasteiger partial charge in [0, 0.05) is 28.7 Å². The van der Waals surface area contributed by atoms with Crippen molar-refractivity contribution in [2.24, 2.45) is 0 Å². The lowest BCUT2D eigenvalue weighted by Crippen LogP contribution is -1.87. The Balaban J connectivity index is 1.96. The van der Waals surface area contributed by atoms with Gasteiger partial charge in [-0.1, -0.05) is 6.07 Å². The molecule has 3 aromatic heterocycles. The highest BCUT2D eigenvalue weighted by atomic mass is 19.1. The van der Waals surface area contributed by atoms with Crippen molar-refractivity contribution in [1.29, 1.82) is 0 Å². The van der Waals surface area contributed by atoms with Crippen LogP contribution in [0.15, 0.2) is 54.9 Å². The van der Waals surface area contributed by atoms with Crippen molar-refractivity contribution >= 4 is 32.8 Å². The quantitative estimate of drug-likeness (QED) is 0.451. The Hall–Kier alpha value is -3.34. The Kier molecular flexibility index (Phi) is 2.85. The van der Waals surface area contributed by atoms with Gasteiger partial charge >= 0.3 is 0 Å². The average Bonchev–Trinajstić information content (AvgIpc) is 3.09. The number of nitrogens with zero attached hydrogens (tertiary/aromatic N) is 3. The maximum atomic E-state index is 13.7. The molecule has 0 saturated carbocycles. The van der Waals surface area contributed by atoms with Crippen molar-refractivity contribution in [3.63, 3.8) is 0 Å². The third-order valence-corrected chi connectivity index (χ3v) is 4.52. The SMILES string of the molecule is Cc1ccc(F)cc1-c1nc2c3cccnc3c3ncccc3c2[nH]1. The zero-order valence-electron chi connectivity index (χ0n) is 13.4. The predicted octanol–water partition coefficient (Wildman–Crippen LogP) is 4.77. The lowest BCUT2D eigenvalue weighted by atomic mass is 10.1. The summed E-state index contributed by atoms with van der Waals surface area (Å²) < 4.78 is 13.7. The van der Waals surface area contributed by atoms with Crippen molar-refractivity contribution in [3.05, 3.63) is 66.2 Å². The van der Waals surface area contributed by atoms with Crippen molar-refractivity contribution in [1.82, 2.24) is 19.9 Å². The molecule has 0 aliphatic rings. The maximum Gasteiger partial charge on any atom is 0.138 e. The Morgan fingerprint density at radius 1 is 0.880 bits per heavy atom. The monoisotopic (exact) mass is 328 g/mol. The van der Waals surface area contributed by atoms with Crippen LogP contribution in [0.1, 0.15) is 5.56 Å². The third-order valence-electron chi connectivity index (χ3n) is 4.52. The van der Waals surface area contributed by atoms with Crippen molar-refractivity contribution in [2.75, 3.05) is 0 Å². The van der Waals surface area contributed by atoms with E-state index in [0.29, 0.717) is 5.82 Å². The number of fused-ring (bicyclic) bond motifs is 6. The molecule has 0 saturated heterocycles. The Morgan fingerprint density at radius 2 is 1.60 bits per heavy atom. The number of halogens is 1. The second-order valence-corrected chi connectivity index (χ2v) is 6.07. The van der Waals surface area contributed by atoms with Gasteiger partial charge in [-0.2, -0.15) is 0 Å². The molecule has 2 aromatic carbocycles. The summed E-state index contributed by atoms with van der Waals surface area (Å²) >= 11 is 0. The number of hydrogen-bond donors (Lipinski definition) is 1. The van der Waals surface area contributed by atoms with Gasteiger partial charge in [0.25, 0.3) is 0 Å². The van der Waals surface area contributed by atoms with E-state index in [0.717, 1.165) is 44.0 Å². The molecule has 0 bridgehead atoms. The molecule has 3 heterocycles. The van der Waals surface area contributed by atoms with Gasteiger partial charge < -0.3 is 4.98 Å². The summed E-state index contributed by atoms with van der Waals surface area (Å²) in [5.41, 5.74) is 5.08. The Morgan fingerprint density at radius 3 is 2.40 bits per heavy atom. The van der Waals surface area contributed by atoms with Gasteiger partial charge in [0.05, 0.1) is 22.1 Å². The fourth-order valence-electron chi connectivity index (χ4n) is 3.32. The smallest absolute Gasteiger partial charge is 0.138 e. The van der Waals surface area contributed by atoms with E-state index in [-0.39, 0.29) is 5.82 Å². The van der Waals surface area contributed by atoms with E-state index in [1.807, 2.05) is 31.2 Å². The van der Waals surface area contributed by atoms with Gasteiger partial charge in [0.2, 0.25) is 0 Å². The first-order chi connectivity index (χ1) is 12.2. The number of imidazole rings is 1. The molecule has 0 unspecified atom stereocenters. The summed E-state index contributed by atoms with van der Waals surface area (Å²) in [7, 11) is 0. The zero-order valence-corrected chi connectivity index (χ0v) is 13.4. The predicted molar refractivity (Wildman–Crippen MR) is 96.8 cm³/mol. The second-order valence-electron chi connectivity index (χ2n) is 6.07. The van der Waals surface area contributed by atoms with E-state index in [9.17, 15) is 4.39 Å². The average molecular weight is 328 g/mol. The minimum atomic E-state index is -0.279. The van der Waals surface area contributed by atoms with E-state index in [1.54, 1.807) is 18.5 Å². The fourth-order valence-corrected chi connectivity index (χ4v) is 3.32. The molecular weight excluding hydrogens is 315 g/mol. The molecule has 120 valence electrons. The summed E-state index contributed by atoms with van der Waals surface area (Å²) in [5.74, 6) is 0.368. The number of aromatic nitrogens is 4. The van der Waals surface area contributed by atoms with Crippen molar-refractivity contribution in [3.8, 4) is 11.4 Å². The lowest BCUT2D eigenvalue weighted by Gasteiger charge is -2.03. The molecule has 5 heteroatoms. The van der Waals surface area contributed by atoms with E-state index >= 15 is 0 Å². The topological polar surface area (TPSA) is 54.5 Å². The number of pyridine rings is 2. The van der Waals surface area contributed by atoms with Crippen LogP contribution < -0.4 is 0 Å². The van der Waals surface area contributed by atoms with E-state index < -0.39 is 0 Å². The first-order valence-corrected chi connectivity index (χ1v) is 8.00. The number of benzene rings is 2. The van der Waals surface area contributed by atoms with Gasteiger partial charge in [0.15, 0.2) is 0 Å². The number of hydrogen-bond acceptors (Lipinski definition) is 3. The number of nitrogens with one attached hydrogen (secondary N) is 1. The number of aryl methyl sites for hydroxylation is 1. The zero-order chi connectivity index (χ0) is 17.0. The molecule has 0 amide bonds. The molecule has 0 atom stereocenters. The van der Waals surface area contributed by atoms with Gasteiger partial charge in [-0.3, -0.25) is 9.97 Å². The Bertz CT molecular complexity index is 1200. The van der Waals surface area contributed by atoms with Crippen LogP contribution in [0, 0.1) is 12.7 Å². The summed E-state index contributed by atoms with van der Waals surface area (Å²) in [6.07, 6.45) is 3.52. The molecule has 5 aromatic rings. The maximum absolute atomic E-state index is 13.7. The first kappa shape index (κ1) is 14.0. The summed E-state index contributed by atoms with van der Waals surface area (Å²) in [5, 5.41) is 1.89. The van der Waals surface area contributed by atoms with Crippen molar-refractivity contribution in [2.45, 2.75) is 6.92 Å². The number of aromatic amines is 1. The van der Waals surface area contributed by atoms with E-state index in [1.165, 1.54) is 12.1 Å². The van der Waals surface area contributed by atoms with Crippen LogP contribution in [0.2, 0.25) is 0 Å². The largest absolute Gasteiger partial charge is 0.337 e. The van der Waals surface area contributed by atoms with Gasteiger partial charge in [-0.05, 0) is 48.9 Å². The molecule has 0 aliphatic heterocycles. The molecule has 4 nitrogen and oxygen atoms in total. The highest BCUT2D eigenvalue weighted by Gasteiger charge is 2.16. The molecule has 0 spiro atoms. The highest BCUT2D eigenvalue weighted by molar-refractivity contribution is 6.21. The van der Waals surface area contributed by atoms with Crippen LogP contribution in [-0.2, 0) is 0 Å². The summed E-state index contributed by atoms with van der Waals surface area (Å²) in [4.78, 5) is 17.1. The molecule has 0 fully saturated rings. The molecule has 0 aliphatic carbocycles. The third kappa shape index (κ3) is 2.02. The standard InChI is InChI=1S/C20H13FN4/c1-11-6-7-12(21)10-15(11)20-24-18-13-4-2-8-22-16(13)17-14(19(18)25-20)5-3-9-23-17/h2-10H,1H3,(H,24,25). The van der Waals surface area contributed by atoms with Crippen LogP contribution >= 0.6 is 0 Å². The minimum Gasteiger partial charge on any atom is -0.337 e. The lowest BCUT2D eigenvalue weighted by molar-refractivity contribution is 0.628. The molecular formula is C20H13FN4. The molecule has 5 rings (SSSR count). The van der Waals surface area contributed by atoms with E-state index in [4.69, 9.17) is 4.98 Å². The summed E-state index contributed by atoms with van der Waals surface area (Å²) in [6, 6.07) is 12.5. The van der Waals surface area contributed by atoms with E-state index in [2.05, 4.69) is 15.0 Å². The van der Waals surface area contributed by atoms with Gasteiger partial charge in [-0.15, -0.1) is 0 Å². The van der Waals surface area contributed by atoms with Crippen LogP contribution in [0.4, 0.5) is 4.39 Å². The highest BCUT2D eigenvalue weighted by Crippen LogP contribution is 2.33. The first-order valence-electron chi connectivity index (χ1n) is 8.00. The van der Waals surface area contributed by atoms with Crippen LogP contribution in [0.3, 0.4) is 0 Å².